The van der Waals surface area contributed by atoms with Crippen LogP contribution in [0.25, 0.3) is 0 Å². The van der Waals surface area contributed by atoms with Gasteiger partial charge in [0.25, 0.3) is 0 Å². The van der Waals surface area contributed by atoms with Crippen molar-refractivity contribution in [1.82, 2.24) is 5.32 Å². The van der Waals surface area contributed by atoms with Gasteiger partial charge in [-0.25, -0.2) is 0 Å². The Morgan fingerprint density at radius 3 is 2.62 bits per heavy atom. The van der Waals surface area contributed by atoms with Gasteiger partial charge in [0.15, 0.2) is 0 Å². The van der Waals surface area contributed by atoms with Crippen LogP contribution in [0.1, 0.15) is 26.2 Å². The first-order valence-corrected chi connectivity index (χ1v) is 7.23. The van der Waals surface area contributed by atoms with Gasteiger partial charge in [0.1, 0.15) is 5.75 Å². The van der Waals surface area contributed by atoms with E-state index in [2.05, 4.69) is 5.32 Å². The minimum atomic E-state index is -0.876. The van der Waals surface area contributed by atoms with Gasteiger partial charge in [0, 0.05) is 18.5 Å². The van der Waals surface area contributed by atoms with Crippen molar-refractivity contribution in [2.24, 2.45) is 0 Å². The third-order valence-corrected chi connectivity index (χ3v) is 3.43. The molecule has 2 N–H and O–H groups in total. The number of benzene rings is 1. The number of aliphatic carboxylic acids is 1. The number of rotatable bonds is 8. The first-order chi connectivity index (χ1) is 9.88. The summed E-state index contributed by atoms with van der Waals surface area (Å²) in [6.45, 7) is 1.97. The van der Waals surface area contributed by atoms with Crippen LogP contribution < -0.4 is 10.1 Å². The fourth-order valence-corrected chi connectivity index (χ4v) is 1.88. The van der Waals surface area contributed by atoms with Crippen LogP contribution in [0.3, 0.4) is 0 Å². The summed E-state index contributed by atoms with van der Waals surface area (Å²) in [6.07, 6.45) is 0.605. The normalized spacial score (nSPS) is 11.8. The molecule has 1 atom stereocenters. The average Bonchev–Trinajstić information content (AvgIpc) is 2.40. The zero-order valence-corrected chi connectivity index (χ0v) is 13.1. The lowest BCUT2D eigenvalue weighted by Gasteiger charge is -2.13. The summed E-state index contributed by atoms with van der Waals surface area (Å²) >= 11 is 11.6. The van der Waals surface area contributed by atoms with E-state index in [9.17, 15) is 9.59 Å². The standard InChI is InChI=1S/C14H17Cl2NO4/c1-9(2-5-14(19)20)17-13(18)6-7-21-10-3-4-11(15)12(16)8-10/h3-4,8-9H,2,5-7H2,1H3,(H,17,18)(H,19,20). The summed E-state index contributed by atoms with van der Waals surface area (Å²) in [5.41, 5.74) is 0. The van der Waals surface area contributed by atoms with E-state index < -0.39 is 5.97 Å². The molecular weight excluding hydrogens is 317 g/mol. The van der Waals surface area contributed by atoms with Gasteiger partial charge in [-0.15, -0.1) is 0 Å². The van der Waals surface area contributed by atoms with Crippen molar-refractivity contribution >= 4 is 35.1 Å². The number of halogens is 2. The number of hydrogen-bond acceptors (Lipinski definition) is 3. The van der Waals surface area contributed by atoms with Gasteiger partial charge in [0.2, 0.25) is 5.91 Å². The van der Waals surface area contributed by atoms with Gasteiger partial charge in [-0.3, -0.25) is 9.59 Å². The molecule has 0 saturated carbocycles. The molecule has 0 saturated heterocycles. The van der Waals surface area contributed by atoms with Crippen molar-refractivity contribution in [3.05, 3.63) is 28.2 Å². The number of ether oxygens (including phenoxy) is 1. The number of carboxylic acid groups (broad SMARTS) is 1. The predicted molar refractivity (Wildman–Crippen MR) is 81.0 cm³/mol. The maximum absolute atomic E-state index is 11.6. The Labute approximate surface area is 133 Å². The summed E-state index contributed by atoms with van der Waals surface area (Å²) in [4.78, 5) is 22.0. The molecule has 21 heavy (non-hydrogen) atoms. The van der Waals surface area contributed by atoms with Gasteiger partial charge in [-0.1, -0.05) is 23.2 Å². The lowest BCUT2D eigenvalue weighted by Crippen LogP contribution is -2.33. The zero-order valence-electron chi connectivity index (χ0n) is 11.6. The number of carbonyl (C=O) groups excluding carboxylic acids is 1. The predicted octanol–water partition coefficient (Wildman–Crippen LogP) is 3.13. The molecule has 1 aromatic rings. The number of nitrogens with one attached hydrogen (secondary N) is 1. The first kappa shape index (κ1) is 17.6. The van der Waals surface area contributed by atoms with E-state index in [1.807, 2.05) is 0 Å². The van der Waals surface area contributed by atoms with Crippen molar-refractivity contribution < 1.29 is 19.4 Å². The highest BCUT2D eigenvalue weighted by Crippen LogP contribution is 2.26. The average molecular weight is 334 g/mol. The van der Waals surface area contributed by atoms with Gasteiger partial charge in [-0.05, 0) is 25.5 Å². The topological polar surface area (TPSA) is 75.6 Å². The Morgan fingerprint density at radius 1 is 1.29 bits per heavy atom. The van der Waals surface area contributed by atoms with Gasteiger partial charge in [-0.2, -0.15) is 0 Å². The minimum Gasteiger partial charge on any atom is -0.493 e. The Bertz CT molecular complexity index is 508. The lowest BCUT2D eigenvalue weighted by atomic mass is 10.2. The van der Waals surface area contributed by atoms with Crippen LogP contribution in [0.2, 0.25) is 10.0 Å². The van der Waals surface area contributed by atoms with Crippen molar-refractivity contribution in [1.29, 1.82) is 0 Å². The minimum absolute atomic E-state index is 0.0290. The number of hydrogen-bond donors (Lipinski definition) is 2. The smallest absolute Gasteiger partial charge is 0.303 e. The van der Waals surface area contributed by atoms with E-state index in [-0.39, 0.29) is 31.4 Å². The third kappa shape index (κ3) is 7.20. The van der Waals surface area contributed by atoms with E-state index in [4.69, 9.17) is 33.0 Å². The third-order valence-electron chi connectivity index (χ3n) is 2.69. The Balaban J connectivity index is 2.26. The molecule has 0 aliphatic carbocycles. The molecule has 5 nitrogen and oxygen atoms in total. The van der Waals surface area contributed by atoms with Gasteiger partial charge < -0.3 is 15.2 Å². The second-order valence-electron chi connectivity index (χ2n) is 4.58. The van der Waals surface area contributed by atoms with Gasteiger partial charge in [0.05, 0.1) is 23.1 Å². The van der Waals surface area contributed by atoms with Gasteiger partial charge >= 0.3 is 5.97 Å². The van der Waals surface area contributed by atoms with Crippen molar-refractivity contribution in [3.63, 3.8) is 0 Å². The van der Waals surface area contributed by atoms with Crippen molar-refractivity contribution in [2.45, 2.75) is 32.2 Å². The summed E-state index contributed by atoms with van der Waals surface area (Å²) in [5, 5.41) is 12.1. The molecule has 0 aromatic heterocycles. The Hall–Kier alpha value is -1.46. The van der Waals surface area contributed by atoms with Crippen molar-refractivity contribution in [2.75, 3.05) is 6.61 Å². The molecule has 0 aliphatic rings. The molecule has 0 spiro atoms. The van der Waals surface area contributed by atoms with Crippen LogP contribution in [0.15, 0.2) is 18.2 Å². The molecule has 116 valence electrons. The van der Waals surface area contributed by atoms with Crippen LogP contribution in [0.4, 0.5) is 0 Å². The van der Waals surface area contributed by atoms with E-state index >= 15 is 0 Å². The molecule has 0 heterocycles. The molecule has 1 amide bonds. The van der Waals surface area contributed by atoms with E-state index in [1.165, 1.54) is 0 Å². The van der Waals surface area contributed by atoms with Crippen LogP contribution in [-0.2, 0) is 9.59 Å². The highest BCUT2D eigenvalue weighted by Gasteiger charge is 2.09. The summed E-state index contributed by atoms with van der Waals surface area (Å²) in [6, 6.07) is 4.69. The van der Waals surface area contributed by atoms with Crippen LogP contribution >= 0.6 is 23.2 Å². The van der Waals surface area contributed by atoms with Crippen LogP contribution in [0, 0.1) is 0 Å². The fourth-order valence-electron chi connectivity index (χ4n) is 1.59. The van der Waals surface area contributed by atoms with Crippen LogP contribution in [-0.4, -0.2) is 29.6 Å². The summed E-state index contributed by atoms with van der Waals surface area (Å²) < 4.78 is 5.39. The molecule has 0 fully saturated rings. The van der Waals surface area contributed by atoms with E-state index in [1.54, 1.807) is 25.1 Å². The maximum Gasteiger partial charge on any atom is 0.303 e. The second kappa shape index (κ2) is 8.74. The number of carbonyl (C=O) groups is 2. The summed E-state index contributed by atoms with van der Waals surface area (Å²) in [7, 11) is 0. The molecule has 1 unspecified atom stereocenters. The van der Waals surface area contributed by atoms with Crippen molar-refractivity contribution in [3.8, 4) is 5.75 Å². The quantitative estimate of drug-likeness (QED) is 0.766. The number of carboxylic acids is 1. The maximum atomic E-state index is 11.6. The lowest BCUT2D eigenvalue weighted by molar-refractivity contribution is -0.137. The SMILES string of the molecule is CC(CCC(=O)O)NC(=O)CCOc1ccc(Cl)c(Cl)c1. The van der Waals surface area contributed by atoms with E-state index in [0.29, 0.717) is 22.2 Å². The van der Waals surface area contributed by atoms with E-state index in [0.717, 1.165) is 0 Å². The fraction of sp³-hybridized carbons (Fsp3) is 0.429. The second-order valence-corrected chi connectivity index (χ2v) is 5.39. The molecule has 1 rings (SSSR count). The Morgan fingerprint density at radius 2 is 2.00 bits per heavy atom. The largest absolute Gasteiger partial charge is 0.493 e. The summed E-state index contributed by atoms with van der Waals surface area (Å²) in [5.74, 6) is -0.525. The number of amides is 1. The molecular formula is C14H17Cl2NO4. The zero-order chi connectivity index (χ0) is 15.8. The Kier molecular flexibility index (Phi) is 7.32. The highest BCUT2D eigenvalue weighted by molar-refractivity contribution is 6.42. The molecule has 0 bridgehead atoms. The molecule has 0 aliphatic heterocycles. The molecule has 1 aromatic carbocycles. The first-order valence-electron chi connectivity index (χ1n) is 6.47. The highest BCUT2D eigenvalue weighted by atomic mass is 35.5. The monoisotopic (exact) mass is 333 g/mol. The molecule has 0 radical (unpaired) electrons. The van der Waals surface area contributed by atoms with Crippen LogP contribution in [0.5, 0.6) is 5.75 Å². The molecule has 7 heteroatoms.